The molecule has 2 atom stereocenters. The zero-order chi connectivity index (χ0) is 14.4. The molecule has 1 fully saturated rings. The molecule has 1 aromatic rings. The van der Waals surface area contributed by atoms with Gasteiger partial charge in [-0.25, -0.2) is 0 Å². The maximum Gasteiger partial charge on any atom is 0.161 e. The van der Waals surface area contributed by atoms with E-state index in [1.807, 2.05) is 24.3 Å². The van der Waals surface area contributed by atoms with Gasteiger partial charge < -0.3 is 14.2 Å². The van der Waals surface area contributed by atoms with Crippen molar-refractivity contribution >= 4 is 15.9 Å². The van der Waals surface area contributed by atoms with Crippen LogP contribution in [0.5, 0.6) is 11.5 Å². The van der Waals surface area contributed by atoms with Gasteiger partial charge in [0.15, 0.2) is 11.5 Å². The molecule has 0 saturated carbocycles. The van der Waals surface area contributed by atoms with Crippen molar-refractivity contribution in [2.24, 2.45) is 0 Å². The molecule has 5 heteroatoms. The number of ether oxygens (including phenoxy) is 3. The van der Waals surface area contributed by atoms with Crippen LogP contribution in [-0.2, 0) is 4.74 Å². The summed E-state index contributed by atoms with van der Waals surface area (Å²) in [6.07, 6.45) is 0.544. The van der Waals surface area contributed by atoms with Gasteiger partial charge in [0.25, 0.3) is 0 Å². The number of hydrogen-bond donors (Lipinski definition) is 0. The van der Waals surface area contributed by atoms with Gasteiger partial charge in [-0.1, -0.05) is 28.1 Å². The van der Waals surface area contributed by atoms with Crippen molar-refractivity contribution in [2.75, 3.05) is 38.7 Å². The molecule has 0 bridgehead atoms. The van der Waals surface area contributed by atoms with Gasteiger partial charge in [0.1, 0.15) is 6.61 Å². The summed E-state index contributed by atoms with van der Waals surface area (Å²) in [6.45, 7) is 5.57. The Balaban J connectivity index is 1.80. The van der Waals surface area contributed by atoms with Crippen LogP contribution < -0.4 is 9.47 Å². The lowest BCUT2D eigenvalue weighted by molar-refractivity contribution is -0.0673. The highest BCUT2D eigenvalue weighted by Gasteiger charge is 2.24. The molecular weight excluding hydrogens is 322 g/mol. The summed E-state index contributed by atoms with van der Waals surface area (Å²) in [4.78, 5) is 2.38. The predicted octanol–water partition coefficient (Wildman–Crippen LogP) is 2.56. The van der Waals surface area contributed by atoms with Crippen molar-refractivity contribution in [3.63, 3.8) is 0 Å². The minimum absolute atomic E-state index is 0.269. The number of benzene rings is 1. The van der Waals surface area contributed by atoms with Gasteiger partial charge in [-0.05, 0) is 19.1 Å². The first-order chi connectivity index (χ1) is 9.72. The zero-order valence-corrected chi connectivity index (χ0v) is 13.6. The molecule has 20 heavy (non-hydrogen) atoms. The number of hydrogen-bond acceptors (Lipinski definition) is 4. The molecule has 1 aliphatic heterocycles. The molecule has 4 nitrogen and oxygen atoms in total. The van der Waals surface area contributed by atoms with Crippen LogP contribution >= 0.6 is 15.9 Å². The summed E-state index contributed by atoms with van der Waals surface area (Å²) >= 11 is 3.49. The van der Waals surface area contributed by atoms with Crippen LogP contribution in [0.25, 0.3) is 0 Å². The quantitative estimate of drug-likeness (QED) is 0.743. The second-order valence-electron chi connectivity index (χ2n) is 4.98. The first-order valence-corrected chi connectivity index (χ1v) is 8.04. The highest BCUT2D eigenvalue weighted by molar-refractivity contribution is 9.09. The van der Waals surface area contributed by atoms with E-state index in [1.54, 1.807) is 7.11 Å². The Morgan fingerprint density at radius 2 is 2.05 bits per heavy atom. The van der Waals surface area contributed by atoms with Gasteiger partial charge in [-0.15, -0.1) is 0 Å². The summed E-state index contributed by atoms with van der Waals surface area (Å²) in [5, 5.41) is 0.876. The van der Waals surface area contributed by atoms with Gasteiger partial charge in [-0.2, -0.15) is 0 Å². The molecule has 2 unspecified atom stereocenters. The molecule has 0 amide bonds. The first kappa shape index (κ1) is 15.6. The standard InChI is InChI=1S/C15H22BrNO3/c1-12-10-17(11-13(9-16)20-12)7-8-19-15-6-4-3-5-14(15)18-2/h3-6,12-13H,7-11H2,1-2H3. The minimum Gasteiger partial charge on any atom is -0.493 e. The Labute approximate surface area is 129 Å². The molecule has 0 N–H and O–H groups in total. The van der Waals surface area contributed by atoms with E-state index in [1.165, 1.54) is 0 Å². The number of alkyl halides is 1. The van der Waals surface area contributed by atoms with Crippen molar-refractivity contribution in [1.82, 2.24) is 4.90 Å². The van der Waals surface area contributed by atoms with Gasteiger partial charge in [0.2, 0.25) is 0 Å². The largest absolute Gasteiger partial charge is 0.493 e. The number of para-hydroxylation sites is 2. The molecule has 1 saturated heterocycles. The third-order valence-corrected chi connectivity index (χ3v) is 4.03. The highest BCUT2D eigenvalue weighted by atomic mass is 79.9. The van der Waals surface area contributed by atoms with Crippen LogP contribution in [0.15, 0.2) is 24.3 Å². The van der Waals surface area contributed by atoms with Gasteiger partial charge in [0, 0.05) is 25.0 Å². The third kappa shape index (κ3) is 4.36. The van der Waals surface area contributed by atoms with E-state index in [9.17, 15) is 0 Å². The minimum atomic E-state index is 0.269. The van der Waals surface area contributed by atoms with Crippen LogP contribution in [-0.4, -0.2) is 55.8 Å². The van der Waals surface area contributed by atoms with E-state index in [0.717, 1.165) is 36.5 Å². The van der Waals surface area contributed by atoms with Crippen LogP contribution in [0.3, 0.4) is 0 Å². The fourth-order valence-corrected chi connectivity index (χ4v) is 2.79. The summed E-state index contributed by atoms with van der Waals surface area (Å²) in [7, 11) is 1.66. The van der Waals surface area contributed by atoms with Gasteiger partial charge in [0.05, 0.1) is 19.3 Å². The fourth-order valence-electron chi connectivity index (χ4n) is 2.43. The smallest absolute Gasteiger partial charge is 0.161 e. The molecule has 1 aromatic carbocycles. The Bertz CT molecular complexity index is 416. The summed E-state index contributed by atoms with van der Waals surface area (Å²) < 4.78 is 16.9. The van der Waals surface area contributed by atoms with E-state index in [0.29, 0.717) is 6.61 Å². The van der Waals surface area contributed by atoms with Crippen LogP contribution in [0.2, 0.25) is 0 Å². The lowest BCUT2D eigenvalue weighted by atomic mass is 10.2. The predicted molar refractivity (Wildman–Crippen MR) is 83.1 cm³/mol. The number of nitrogens with zero attached hydrogens (tertiary/aromatic N) is 1. The van der Waals surface area contributed by atoms with E-state index in [-0.39, 0.29) is 12.2 Å². The van der Waals surface area contributed by atoms with E-state index < -0.39 is 0 Å². The van der Waals surface area contributed by atoms with Crippen LogP contribution in [0.1, 0.15) is 6.92 Å². The topological polar surface area (TPSA) is 30.9 Å². The normalized spacial score (nSPS) is 23.6. The lowest BCUT2D eigenvalue weighted by Crippen LogP contribution is -2.48. The fraction of sp³-hybridized carbons (Fsp3) is 0.600. The molecule has 0 aliphatic carbocycles. The lowest BCUT2D eigenvalue weighted by Gasteiger charge is -2.36. The van der Waals surface area contributed by atoms with Crippen molar-refractivity contribution < 1.29 is 14.2 Å². The number of methoxy groups -OCH3 is 1. The van der Waals surface area contributed by atoms with Crippen molar-refractivity contribution in [3.05, 3.63) is 24.3 Å². The average molecular weight is 344 g/mol. The summed E-state index contributed by atoms with van der Waals surface area (Å²) in [5.41, 5.74) is 0. The second-order valence-corrected chi connectivity index (χ2v) is 5.63. The van der Waals surface area contributed by atoms with Gasteiger partial charge >= 0.3 is 0 Å². The summed E-state index contributed by atoms with van der Waals surface area (Å²) in [5.74, 6) is 1.58. The Morgan fingerprint density at radius 1 is 1.30 bits per heavy atom. The number of morpholine rings is 1. The molecule has 0 aromatic heterocycles. The second kappa shape index (κ2) is 7.86. The van der Waals surface area contributed by atoms with E-state index in [2.05, 4.69) is 27.8 Å². The number of halogens is 1. The first-order valence-electron chi connectivity index (χ1n) is 6.92. The van der Waals surface area contributed by atoms with Gasteiger partial charge in [-0.3, -0.25) is 4.90 Å². The molecule has 112 valence electrons. The highest BCUT2D eigenvalue weighted by Crippen LogP contribution is 2.25. The third-order valence-electron chi connectivity index (χ3n) is 3.31. The molecule has 0 radical (unpaired) electrons. The number of rotatable bonds is 6. The van der Waals surface area contributed by atoms with E-state index in [4.69, 9.17) is 14.2 Å². The van der Waals surface area contributed by atoms with E-state index >= 15 is 0 Å². The molecular formula is C15H22BrNO3. The maximum atomic E-state index is 5.82. The molecule has 2 rings (SSSR count). The van der Waals surface area contributed by atoms with Crippen molar-refractivity contribution in [2.45, 2.75) is 19.1 Å². The van der Waals surface area contributed by atoms with Crippen molar-refractivity contribution in [3.8, 4) is 11.5 Å². The van der Waals surface area contributed by atoms with Crippen LogP contribution in [0.4, 0.5) is 0 Å². The van der Waals surface area contributed by atoms with Crippen molar-refractivity contribution in [1.29, 1.82) is 0 Å². The zero-order valence-electron chi connectivity index (χ0n) is 12.0. The average Bonchev–Trinajstić information content (AvgIpc) is 2.47. The Hall–Kier alpha value is -0.780. The van der Waals surface area contributed by atoms with Crippen LogP contribution in [0, 0.1) is 0 Å². The SMILES string of the molecule is COc1ccccc1OCCN1CC(C)OC(CBr)C1. The maximum absolute atomic E-state index is 5.82. The summed E-state index contributed by atoms with van der Waals surface area (Å²) in [6, 6.07) is 7.74. The Morgan fingerprint density at radius 3 is 2.75 bits per heavy atom. The Kier molecular flexibility index (Phi) is 6.13. The molecule has 0 spiro atoms. The molecule has 1 aliphatic rings. The molecule has 1 heterocycles. The monoisotopic (exact) mass is 343 g/mol.